The van der Waals surface area contributed by atoms with E-state index >= 15 is 0 Å². The van der Waals surface area contributed by atoms with Crippen molar-refractivity contribution in [3.8, 4) is 17.1 Å². The van der Waals surface area contributed by atoms with Crippen LogP contribution in [0.1, 0.15) is 33.1 Å². The highest BCUT2D eigenvalue weighted by atomic mass is 32.2. The number of carbonyl (C=O) groups excluding carboxylic acids is 1. The monoisotopic (exact) mass is 414 g/mol. The second-order valence-corrected chi connectivity index (χ2v) is 8.58. The molecular formula is C22H30N4O2S. The maximum atomic E-state index is 12.6. The predicted molar refractivity (Wildman–Crippen MR) is 117 cm³/mol. The van der Waals surface area contributed by atoms with Crippen molar-refractivity contribution >= 4 is 17.7 Å². The molecule has 1 aromatic carbocycles. The molecule has 1 aromatic heterocycles. The van der Waals surface area contributed by atoms with Crippen molar-refractivity contribution in [1.82, 2.24) is 20.1 Å². The molecule has 1 aliphatic carbocycles. The maximum Gasteiger partial charge on any atom is 0.230 e. The lowest BCUT2D eigenvalue weighted by Crippen LogP contribution is -2.44. The summed E-state index contributed by atoms with van der Waals surface area (Å²) in [5.74, 6) is 2.98. The number of methoxy groups -OCH3 is 1. The Labute approximate surface area is 177 Å². The van der Waals surface area contributed by atoms with E-state index in [0.717, 1.165) is 17.7 Å². The zero-order chi connectivity index (χ0) is 20.8. The van der Waals surface area contributed by atoms with Crippen LogP contribution in [0.5, 0.6) is 5.75 Å². The minimum absolute atomic E-state index is 0.0490. The van der Waals surface area contributed by atoms with Gasteiger partial charge in [-0.15, -0.1) is 16.8 Å². The van der Waals surface area contributed by atoms with E-state index in [4.69, 9.17) is 4.74 Å². The van der Waals surface area contributed by atoms with Gasteiger partial charge >= 0.3 is 0 Å². The molecule has 1 N–H and O–H groups in total. The first-order chi connectivity index (χ1) is 14.0. The Bertz CT molecular complexity index is 851. The highest BCUT2D eigenvalue weighted by Crippen LogP contribution is 2.32. The van der Waals surface area contributed by atoms with Gasteiger partial charge in [-0.3, -0.25) is 9.36 Å². The number of thioether (sulfide) groups is 1. The summed E-state index contributed by atoms with van der Waals surface area (Å²) in [6.07, 6.45) is 5.29. The van der Waals surface area contributed by atoms with E-state index in [0.29, 0.717) is 35.1 Å². The van der Waals surface area contributed by atoms with Crippen LogP contribution in [-0.2, 0) is 11.3 Å². The Kier molecular flexibility index (Phi) is 7.36. The van der Waals surface area contributed by atoms with Crippen molar-refractivity contribution in [3.05, 3.63) is 36.9 Å². The Morgan fingerprint density at radius 1 is 1.34 bits per heavy atom. The Morgan fingerprint density at radius 3 is 2.90 bits per heavy atom. The van der Waals surface area contributed by atoms with Crippen LogP contribution in [0, 0.1) is 11.8 Å². The molecule has 1 heterocycles. The van der Waals surface area contributed by atoms with E-state index < -0.39 is 0 Å². The van der Waals surface area contributed by atoms with Gasteiger partial charge in [0.1, 0.15) is 5.75 Å². The van der Waals surface area contributed by atoms with Gasteiger partial charge in [0.15, 0.2) is 11.0 Å². The van der Waals surface area contributed by atoms with E-state index in [9.17, 15) is 4.79 Å². The van der Waals surface area contributed by atoms with E-state index in [1.807, 2.05) is 28.8 Å². The van der Waals surface area contributed by atoms with Crippen molar-refractivity contribution in [2.24, 2.45) is 11.8 Å². The molecular weight excluding hydrogens is 384 g/mol. The Balaban J connectivity index is 1.70. The zero-order valence-electron chi connectivity index (χ0n) is 17.4. The number of nitrogens with zero attached hydrogens (tertiary/aromatic N) is 3. The average Bonchev–Trinajstić information content (AvgIpc) is 3.12. The Morgan fingerprint density at radius 2 is 2.14 bits per heavy atom. The van der Waals surface area contributed by atoms with Gasteiger partial charge in [0, 0.05) is 12.6 Å². The summed E-state index contributed by atoms with van der Waals surface area (Å²) in [6, 6.07) is 7.98. The largest absolute Gasteiger partial charge is 0.496 e. The summed E-state index contributed by atoms with van der Waals surface area (Å²) in [4.78, 5) is 12.6. The third-order valence-corrected chi connectivity index (χ3v) is 6.73. The highest BCUT2D eigenvalue weighted by molar-refractivity contribution is 7.99. The van der Waals surface area contributed by atoms with Gasteiger partial charge in [-0.05, 0) is 30.4 Å². The van der Waals surface area contributed by atoms with Gasteiger partial charge in [0.2, 0.25) is 5.91 Å². The van der Waals surface area contributed by atoms with Gasteiger partial charge in [0.05, 0.1) is 18.4 Å². The lowest BCUT2D eigenvalue weighted by Gasteiger charge is -2.34. The number of ether oxygens (including phenoxy) is 1. The molecule has 0 radical (unpaired) electrons. The second kappa shape index (κ2) is 9.96. The topological polar surface area (TPSA) is 69.0 Å². The first-order valence-electron chi connectivity index (χ1n) is 10.1. The zero-order valence-corrected chi connectivity index (χ0v) is 18.2. The molecule has 156 valence electrons. The number of amides is 1. The molecule has 2 aromatic rings. The number of rotatable bonds is 8. The number of allylic oxidation sites excluding steroid dienone is 1. The van der Waals surface area contributed by atoms with Gasteiger partial charge < -0.3 is 10.1 Å². The third kappa shape index (κ3) is 5.01. The molecule has 3 atom stereocenters. The normalized spacial score (nSPS) is 21.6. The SMILES string of the molecule is C=CCn1c(SCC(=O)N[C@H]2CCC[C@@H](C)[C@H]2C)nnc1-c1ccccc1OC. The summed E-state index contributed by atoms with van der Waals surface area (Å²) in [6.45, 7) is 8.91. The summed E-state index contributed by atoms with van der Waals surface area (Å²) >= 11 is 1.40. The van der Waals surface area contributed by atoms with Crippen LogP contribution in [0.3, 0.4) is 0 Å². The first-order valence-corrected chi connectivity index (χ1v) is 11.1. The molecule has 1 aliphatic rings. The van der Waals surface area contributed by atoms with Crippen LogP contribution in [0.2, 0.25) is 0 Å². The fourth-order valence-electron chi connectivity index (χ4n) is 3.88. The maximum absolute atomic E-state index is 12.6. The van der Waals surface area contributed by atoms with Crippen LogP contribution < -0.4 is 10.1 Å². The van der Waals surface area contributed by atoms with Crippen molar-refractivity contribution in [2.75, 3.05) is 12.9 Å². The van der Waals surface area contributed by atoms with Crippen molar-refractivity contribution in [2.45, 2.75) is 50.9 Å². The molecule has 29 heavy (non-hydrogen) atoms. The lowest BCUT2D eigenvalue weighted by atomic mass is 9.78. The predicted octanol–water partition coefficient (Wildman–Crippen LogP) is 4.17. The fourth-order valence-corrected chi connectivity index (χ4v) is 4.64. The number of hydrogen-bond donors (Lipinski definition) is 1. The highest BCUT2D eigenvalue weighted by Gasteiger charge is 2.28. The molecule has 1 saturated carbocycles. The van der Waals surface area contributed by atoms with Crippen LogP contribution in [-0.4, -0.2) is 39.6 Å². The van der Waals surface area contributed by atoms with Gasteiger partial charge in [0.25, 0.3) is 0 Å². The lowest BCUT2D eigenvalue weighted by molar-refractivity contribution is -0.120. The number of hydrogen-bond acceptors (Lipinski definition) is 5. The van der Waals surface area contributed by atoms with E-state index in [2.05, 4.69) is 35.9 Å². The van der Waals surface area contributed by atoms with Crippen LogP contribution >= 0.6 is 11.8 Å². The molecule has 0 saturated heterocycles. The molecule has 6 nitrogen and oxygen atoms in total. The van der Waals surface area contributed by atoms with Gasteiger partial charge in [-0.2, -0.15) is 0 Å². The van der Waals surface area contributed by atoms with Gasteiger partial charge in [-0.1, -0.05) is 56.7 Å². The number of para-hydroxylation sites is 1. The number of aromatic nitrogens is 3. The van der Waals surface area contributed by atoms with Crippen molar-refractivity contribution in [3.63, 3.8) is 0 Å². The van der Waals surface area contributed by atoms with E-state index in [1.165, 1.54) is 24.6 Å². The molecule has 3 rings (SSSR count). The van der Waals surface area contributed by atoms with Crippen LogP contribution in [0.15, 0.2) is 42.1 Å². The molecule has 0 bridgehead atoms. The van der Waals surface area contributed by atoms with E-state index in [1.54, 1.807) is 13.2 Å². The van der Waals surface area contributed by atoms with Crippen molar-refractivity contribution in [1.29, 1.82) is 0 Å². The molecule has 1 amide bonds. The molecule has 1 fully saturated rings. The third-order valence-electron chi connectivity index (χ3n) is 5.76. The van der Waals surface area contributed by atoms with Gasteiger partial charge in [-0.25, -0.2) is 0 Å². The second-order valence-electron chi connectivity index (χ2n) is 7.64. The van der Waals surface area contributed by atoms with Crippen LogP contribution in [0.25, 0.3) is 11.4 Å². The summed E-state index contributed by atoms with van der Waals surface area (Å²) in [5.41, 5.74) is 0.866. The minimum Gasteiger partial charge on any atom is -0.496 e. The Hall–Kier alpha value is -2.28. The molecule has 0 spiro atoms. The first kappa shape index (κ1) is 21.4. The summed E-state index contributed by atoms with van der Waals surface area (Å²) in [7, 11) is 1.64. The van der Waals surface area contributed by atoms with Crippen LogP contribution in [0.4, 0.5) is 0 Å². The quantitative estimate of drug-likeness (QED) is 0.519. The molecule has 0 unspecified atom stereocenters. The standard InChI is InChI=1S/C22H30N4O2S/c1-5-13-26-21(17-10-6-7-12-19(17)28-4)24-25-22(26)29-14-20(27)23-18-11-8-9-15(2)16(18)3/h5-7,10,12,15-16,18H,1,8-9,11,13-14H2,2-4H3,(H,23,27)/t15-,16-,18+/m1/s1. The number of nitrogens with one attached hydrogen (secondary N) is 1. The summed E-state index contributed by atoms with van der Waals surface area (Å²) in [5, 5.41) is 12.6. The fraction of sp³-hybridized carbons (Fsp3) is 0.500. The number of carbonyl (C=O) groups is 1. The summed E-state index contributed by atoms with van der Waals surface area (Å²) < 4.78 is 7.43. The minimum atomic E-state index is 0.0490. The molecule has 0 aliphatic heterocycles. The average molecular weight is 415 g/mol. The molecule has 7 heteroatoms. The van der Waals surface area contributed by atoms with Crippen molar-refractivity contribution < 1.29 is 9.53 Å². The smallest absolute Gasteiger partial charge is 0.230 e. The number of benzene rings is 1. The van der Waals surface area contributed by atoms with E-state index in [-0.39, 0.29) is 11.9 Å².